The molecule has 6 heteroatoms. The Kier molecular flexibility index (Phi) is 4.61. The molecular formula is C20H27N3O3. The minimum Gasteiger partial charge on any atom is -0.497 e. The zero-order valence-electron chi connectivity index (χ0n) is 15.5. The van der Waals surface area contributed by atoms with Gasteiger partial charge in [-0.1, -0.05) is 12.1 Å². The van der Waals surface area contributed by atoms with Gasteiger partial charge in [-0.3, -0.25) is 9.59 Å². The fourth-order valence-corrected chi connectivity index (χ4v) is 4.35. The first-order valence-electron chi connectivity index (χ1n) is 9.55. The first-order valence-corrected chi connectivity index (χ1v) is 9.55. The standard InChI is InChI=1S/C20H27N3O3/c1-13-12-22(9-8-21-13)20(25)17-11-18(24)23(15-6-7-15)19(17)14-4-3-5-16(10-14)26-2/h3-5,10,13,15,17,19,21H,6-9,11-12H2,1-2H3/t13-,17?,19?/m1/s1. The summed E-state index contributed by atoms with van der Waals surface area (Å²) in [6.07, 6.45) is 2.39. The largest absolute Gasteiger partial charge is 0.497 e. The highest BCUT2D eigenvalue weighted by molar-refractivity contribution is 5.91. The Balaban J connectivity index is 1.65. The highest BCUT2D eigenvalue weighted by Crippen LogP contribution is 2.46. The zero-order valence-corrected chi connectivity index (χ0v) is 15.5. The lowest BCUT2D eigenvalue weighted by Crippen LogP contribution is -2.53. The Morgan fingerprint density at radius 2 is 2.12 bits per heavy atom. The highest BCUT2D eigenvalue weighted by atomic mass is 16.5. The van der Waals surface area contributed by atoms with E-state index >= 15 is 0 Å². The SMILES string of the molecule is COc1cccc(C2C(C(=O)N3CCN[C@H](C)C3)CC(=O)N2C2CC2)c1. The number of methoxy groups -OCH3 is 1. The number of nitrogens with zero attached hydrogens (tertiary/aromatic N) is 2. The molecule has 2 saturated heterocycles. The minimum absolute atomic E-state index is 0.113. The molecule has 1 saturated carbocycles. The van der Waals surface area contributed by atoms with Crippen molar-refractivity contribution in [3.8, 4) is 5.75 Å². The number of nitrogens with one attached hydrogen (secondary N) is 1. The molecule has 2 unspecified atom stereocenters. The van der Waals surface area contributed by atoms with E-state index in [2.05, 4.69) is 12.2 Å². The molecule has 0 bridgehead atoms. The normalized spacial score (nSPS) is 29.2. The summed E-state index contributed by atoms with van der Waals surface area (Å²) < 4.78 is 5.37. The Hall–Kier alpha value is -2.08. The van der Waals surface area contributed by atoms with Gasteiger partial charge in [-0.15, -0.1) is 0 Å². The Morgan fingerprint density at radius 3 is 2.81 bits per heavy atom. The molecule has 3 atom stereocenters. The van der Waals surface area contributed by atoms with E-state index in [1.807, 2.05) is 34.1 Å². The van der Waals surface area contributed by atoms with Gasteiger partial charge in [-0.25, -0.2) is 0 Å². The van der Waals surface area contributed by atoms with Crippen LogP contribution in [0.25, 0.3) is 0 Å². The maximum absolute atomic E-state index is 13.3. The molecule has 2 amide bonds. The van der Waals surface area contributed by atoms with Crippen molar-refractivity contribution in [1.82, 2.24) is 15.1 Å². The first-order chi connectivity index (χ1) is 12.6. The van der Waals surface area contributed by atoms with Crippen LogP contribution in [0.1, 0.15) is 37.8 Å². The summed E-state index contributed by atoms with van der Waals surface area (Å²) in [5.41, 5.74) is 1.00. The lowest BCUT2D eigenvalue weighted by molar-refractivity contribution is -0.137. The number of rotatable bonds is 4. The van der Waals surface area contributed by atoms with Crippen molar-refractivity contribution in [2.24, 2.45) is 5.92 Å². The van der Waals surface area contributed by atoms with Crippen molar-refractivity contribution in [2.45, 2.75) is 44.3 Å². The van der Waals surface area contributed by atoms with Gasteiger partial charge in [0, 0.05) is 38.1 Å². The maximum atomic E-state index is 13.3. The molecule has 1 aliphatic carbocycles. The van der Waals surface area contributed by atoms with E-state index in [0.717, 1.165) is 30.7 Å². The van der Waals surface area contributed by atoms with Crippen LogP contribution in [0, 0.1) is 5.92 Å². The van der Waals surface area contributed by atoms with E-state index in [-0.39, 0.29) is 23.8 Å². The van der Waals surface area contributed by atoms with Gasteiger partial charge < -0.3 is 19.9 Å². The van der Waals surface area contributed by atoms with E-state index in [9.17, 15) is 9.59 Å². The van der Waals surface area contributed by atoms with E-state index in [0.29, 0.717) is 31.6 Å². The molecule has 0 aromatic heterocycles. The Bertz CT molecular complexity index is 703. The molecule has 4 rings (SSSR count). The molecule has 140 valence electrons. The molecule has 0 radical (unpaired) electrons. The van der Waals surface area contributed by atoms with E-state index in [1.54, 1.807) is 7.11 Å². The second-order valence-corrected chi connectivity index (χ2v) is 7.70. The molecule has 2 heterocycles. The molecular weight excluding hydrogens is 330 g/mol. The van der Waals surface area contributed by atoms with Crippen LogP contribution in [-0.4, -0.2) is 60.4 Å². The van der Waals surface area contributed by atoms with Crippen LogP contribution in [0.15, 0.2) is 24.3 Å². The average molecular weight is 357 g/mol. The molecule has 0 spiro atoms. The third-order valence-electron chi connectivity index (χ3n) is 5.74. The predicted octanol–water partition coefficient (Wildman–Crippen LogP) is 1.57. The summed E-state index contributed by atoms with van der Waals surface area (Å²) in [6, 6.07) is 8.23. The lowest BCUT2D eigenvalue weighted by atomic mass is 9.91. The number of piperazine rings is 1. The number of amides is 2. The fourth-order valence-electron chi connectivity index (χ4n) is 4.35. The van der Waals surface area contributed by atoms with Gasteiger partial charge in [-0.05, 0) is 37.5 Å². The number of carbonyl (C=O) groups excluding carboxylic acids is 2. The first kappa shape index (κ1) is 17.3. The fraction of sp³-hybridized carbons (Fsp3) is 0.600. The molecule has 26 heavy (non-hydrogen) atoms. The molecule has 3 aliphatic rings. The van der Waals surface area contributed by atoms with Gasteiger partial charge in [0.25, 0.3) is 0 Å². The van der Waals surface area contributed by atoms with Gasteiger partial charge >= 0.3 is 0 Å². The topological polar surface area (TPSA) is 61.9 Å². The Labute approximate surface area is 154 Å². The number of likely N-dealkylation sites (tertiary alicyclic amines) is 1. The van der Waals surface area contributed by atoms with Gasteiger partial charge in [-0.2, -0.15) is 0 Å². The van der Waals surface area contributed by atoms with E-state index in [1.165, 1.54) is 0 Å². The van der Waals surface area contributed by atoms with Crippen LogP contribution >= 0.6 is 0 Å². The van der Waals surface area contributed by atoms with Crippen molar-refractivity contribution in [2.75, 3.05) is 26.7 Å². The number of hydrogen-bond acceptors (Lipinski definition) is 4. The average Bonchev–Trinajstić information content (AvgIpc) is 3.43. The molecule has 2 aliphatic heterocycles. The summed E-state index contributed by atoms with van der Waals surface area (Å²) in [6.45, 7) is 4.32. The van der Waals surface area contributed by atoms with Crippen molar-refractivity contribution in [3.05, 3.63) is 29.8 Å². The van der Waals surface area contributed by atoms with Crippen LogP contribution in [0.2, 0.25) is 0 Å². The van der Waals surface area contributed by atoms with Crippen LogP contribution in [0.3, 0.4) is 0 Å². The predicted molar refractivity (Wildman–Crippen MR) is 97.8 cm³/mol. The maximum Gasteiger partial charge on any atom is 0.228 e. The number of ether oxygens (including phenoxy) is 1. The molecule has 1 aromatic rings. The van der Waals surface area contributed by atoms with Crippen LogP contribution < -0.4 is 10.1 Å². The van der Waals surface area contributed by atoms with Crippen LogP contribution in [0.5, 0.6) is 5.75 Å². The second-order valence-electron chi connectivity index (χ2n) is 7.70. The molecule has 3 fully saturated rings. The van der Waals surface area contributed by atoms with Crippen molar-refractivity contribution in [1.29, 1.82) is 0 Å². The lowest BCUT2D eigenvalue weighted by Gasteiger charge is -2.36. The van der Waals surface area contributed by atoms with E-state index in [4.69, 9.17) is 4.74 Å². The highest BCUT2D eigenvalue weighted by Gasteiger charge is 2.50. The minimum atomic E-state index is -0.305. The number of carbonyl (C=O) groups is 2. The molecule has 1 aromatic carbocycles. The van der Waals surface area contributed by atoms with Crippen molar-refractivity contribution < 1.29 is 14.3 Å². The summed E-state index contributed by atoms with van der Waals surface area (Å²) in [7, 11) is 1.64. The summed E-state index contributed by atoms with van der Waals surface area (Å²) in [4.78, 5) is 30.0. The third-order valence-corrected chi connectivity index (χ3v) is 5.74. The second kappa shape index (κ2) is 6.91. The zero-order chi connectivity index (χ0) is 18.3. The van der Waals surface area contributed by atoms with Gasteiger partial charge in [0.15, 0.2) is 0 Å². The van der Waals surface area contributed by atoms with Crippen LogP contribution in [0.4, 0.5) is 0 Å². The number of hydrogen-bond donors (Lipinski definition) is 1. The van der Waals surface area contributed by atoms with Gasteiger partial charge in [0.1, 0.15) is 5.75 Å². The summed E-state index contributed by atoms with van der Waals surface area (Å²) in [5.74, 6) is 0.685. The smallest absolute Gasteiger partial charge is 0.228 e. The van der Waals surface area contributed by atoms with E-state index < -0.39 is 0 Å². The third kappa shape index (κ3) is 3.18. The van der Waals surface area contributed by atoms with Crippen molar-refractivity contribution >= 4 is 11.8 Å². The summed E-state index contributed by atoms with van der Waals surface area (Å²) >= 11 is 0. The van der Waals surface area contributed by atoms with Crippen LogP contribution in [-0.2, 0) is 9.59 Å². The Morgan fingerprint density at radius 1 is 1.31 bits per heavy atom. The monoisotopic (exact) mass is 357 g/mol. The molecule has 6 nitrogen and oxygen atoms in total. The quantitative estimate of drug-likeness (QED) is 0.889. The summed E-state index contributed by atoms with van der Waals surface area (Å²) in [5, 5.41) is 3.37. The van der Waals surface area contributed by atoms with Gasteiger partial charge in [0.2, 0.25) is 11.8 Å². The van der Waals surface area contributed by atoms with Crippen molar-refractivity contribution in [3.63, 3.8) is 0 Å². The van der Waals surface area contributed by atoms with Gasteiger partial charge in [0.05, 0.1) is 19.1 Å². The number of benzene rings is 1. The molecule has 1 N–H and O–H groups in total.